The Kier molecular flexibility index (Phi) is 7.97. The van der Waals surface area contributed by atoms with Gasteiger partial charge in [0.1, 0.15) is 16.8 Å². The number of nitrogens with one attached hydrogen (secondary N) is 1. The van der Waals surface area contributed by atoms with Gasteiger partial charge in [-0.25, -0.2) is 13.2 Å². The zero-order valence-electron chi connectivity index (χ0n) is 29.1. The number of hydrogen-bond donors (Lipinski definition) is 3. The third-order valence-electron chi connectivity index (χ3n) is 13.9. The standard InChI is InChI=1S/C36H45N3O11S/c1-5-38-19-33(50-32(40)22-11-6-7-12-25(22)37-51(45,46)21-10-8-9-20(15-21)39(43)44)14-13-29(48-3)35-27(33)17-24(30(35)38)34(41)18-26(47-2)23-16-28(35)36(34,42)31(23)49-4/h6-12,15,23-24,26-31,37,41-42H,5,13-14,16-19H2,1-4H3/t23-,24+,26+,27-,28+,29+,30?,31+,33-,34+,35+,36+/m1/s1. The summed E-state index contributed by atoms with van der Waals surface area (Å²) in [6.45, 7) is 3.07. The van der Waals surface area contributed by atoms with E-state index in [0.29, 0.717) is 38.8 Å². The highest BCUT2D eigenvalue weighted by molar-refractivity contribution is 7.92. The van der Waals surface area contributed by atoms with Crippen molar-refractivity contribution in [3.8, 4) is 0 Å². The van der Waals surface area contributed by atoms with Crippen molar-refractivity contribution in [2.75, 3.05) is 39.1 Å². The highest BCUT2D eigenvalue weighted by Gasteiger charge is 2.89. The maximum absolute atomic E-state index is 14.4. The van der Waals surface area contributed by atoms with Crippen molar-refractivity contribution in [3.63, 3.8) is 0 Å². The predicted molar refractivity (Wildman–Crippen MR) is 181 cm³/mol. The van der Waals surface area contributed by atoms with Gasteiger partial charge in [-0.15, -0.1) is 0 Å². The van der Waals surface area contributed by atoms with Gasteiger partial charge in [0.05, 0.1) is 39.4 Å². The molecular formula is C36H45N3O11S. The lowest BCUT2D eigenvalue weighted by Crippen LogP contribution is -2.83. The third kappa shape index (κ3) is 4.36. The first-order valence-electron chi connectivity index (χ1n) is 17.6. The highest BCUT2D eigenvalue weighted by Crippen LogP contribution is 2.79. The Morgan fingerprint density at radius 3 is 2.51 bits per heavy atom. The van der Waals surface area contributed by atoms with Crippen molar-refractivity contribution in [2.45, 2.75) is 85.1 Å². The lowest BCUT2D eigenvalue weighted by molar-refractivity contribution is -0.385. The molecule has 0 aromatic heterocycles. The Morgan fingerprint density at radius 2 is 1.82 bits per heavy atom. The van der Waals surface area contributed by atoms with Gasteiger partial charge in [0, 0.05) is 81.6 Å². The average molecular weight is 728 g/mol. The van der Waals surface area contributed by atoms with Crippen LogP contribution in [-0.4, -0.2) is 110 Å². The third-order valence-corrected chi connectivity index (χ3v) is 15.3. The summed E-state index contributed by atoms with van der Waals surface area (Å²) in [7, 11) is 0.587. The molecule has 51 heavy (non-hydrogen) atoms. The number of benzene rings is 2. The van der Waals surface area contributed by atoms with Gasteiger partial charge in [-0.3, -0.25) is 19.7 Å². The van der Waals surface area contributed by atoms with E-state index < -0.39 is 55.2 Å². The van der Waals surface area contributed by atoms with Gasteiger partial charge >= 0.3 is 5.97 Å². The molecule has 1 spiro atoms. The molecule has 6 fully saturated rings. The van der Waals surface area contributed by atoms with Gasteiger partial charge in [0.25, 0.3) is 15.7 Å². The number of fused-ring (bicyclic) bond motifs is 2. The lowest BCUT2D eigenvalue weighted by Gasteiger charge is -2.70. The molecule has 0 amide bonds. The number of nitrogens with zero attached hydrogens (tertiary/aromatic N) is 2. The van der Waals surface area contributed by atoms with Crippen molar-refractivity contribution >= 4 is 27.4 Å². The molecule has 5 saturated carbocycles. The van der Waals surface area contributed by atoms with Crippen LogP contribution in [0.2, 0.25) is 0 Å². The fraction of sp³-hybridized carbons (Fsp3) is 0.639. The van der Waals surface area contributed by atoms with Crippen LogP contribution in [0.25, 0.3) is 0 Å². The molecule has 1 heterocycles. The molecule has 14 nitrogen and oxygen atoms in total. The van der Waals surface area contributed by atoms with Gasteiger partial charge in [-0.05, 0) is 50.4 Å². The number of nitro groups is 1. The van der Waals surface area contributed by atoms with E-state index in [0.717, 1.165) is 6.07 Å². The summed E-state index contributed by atoms with van der Waals surface area (Å²) in [5.74, 6) is -1.97. The number of para-hydroxylation sites is 1. The van der Waals surface area contributed by atoms with Crippen LogP contribution >= 0.6 is 0 Å². The molecule has 2 aromatic carbocycles. The SMILES string of the molecule is CCN1C[C@]2(OC(=O)c3ccccc3NS(=O)(=O)c3cccc([N+](=O)[O-])c3)CC[C@H](OC)[C@]34C1[C@H](C[C@H]23)[C@@]1(O)C[C@H](OC)[C@H]2C[C@@H]4[C@]1(O)[C@H]2OC. The number of nitro benzene ring substituents is 1. The zero-order chi connectivity index (χ0) is 36.3. The number of hydrogen-bond acceptors (Lipinski definition) is 12. The van der Waals surface area contributed by atoms with E-state index >= 15 is 0 Å². The van der Waals surface area contributed by atoms with Crippen LogP contribution in [0.5, 0.6) is 0 Å². The molecule has 8 rings (SSSR count). The smallest absolute Gasteiger partial charge is 0.340 e. The van der Waals surface area contributed by atoms with E-state index in [4.69, 9.17) is 18.9 Å². The Bertz CT molecular complexity index is 1880. The average Bonchev–Trinajstić information content (AvgIpc) is 3.54. The molecule has 276 valence electrons. The van der Waals surface area contributed by atoms with Gasteiger partial charge in [0.2, 0.25) is 0 Å². The van der Waals surface area contributed by atoms with Crippen LogP contribution in [0, 0.1) is 39.2 Å². The summed E-state index contributed by atoms with van der Waals surface area (Å²) < 4.78 is 54.4. The van der Waals surface area contributed by atoms with E-state index in [1.807, 2.05) is 6.92 Å². The predicted octanol–water partition coefficient (Wildman–Crippen LogP) is 2.97. The fourth-order valence-corrected chi connectivity index (χ4v) is 13.5. The minimum Gasteiger partial charge on any atom is -0.454 e. The first-order valence-corrected chi connectivity index (χ1v) is 19.1. The number of esters is 1. The topological polar surface area (TPSA) is 187 Å². The van der Waals surface area contributed by atoms with E-state index in [2.05, 4.69) is 9.62 Å². The van der Waals surface area contributed by atoms with Crippen LogP contribution in [-0.2, 0) is 29.0 Å². The Balaban J connectivity index is 1.19. The lowest BCUT2D eigenvalue weighted by atomic mass is 9.44. The van der Waals surface area contributed by atoms with E-state index in [1.54, 1.807) is 33.5 Å². The number of carbonyl (C=O) groups is 1. The number of likely N-dealkylation sites (tertiary alicyclic amines) is 1. The number of aliphatic hydroxyl groups is 2. The summed E-state index contributed by atoms with van der Waals surface area (Å²) in [6, 6.07) is 10.7. The fourth-order valence-electron chi connectivity index (χ4n) is 12.4. The number of piperidine rings is 1. The molecule has 6 aliphatic rings. The highest BCUT2D eigenvalue weighted by atomic mass is 32.2. The van der Waals surface area contributed by atoms with Crippen molar-refractivity contribution in [2.24, 2.45) is 29.1 Å². The quantitative estimate of drug-likeness (QED) is 0.185. The molecule has 3 N–H and O–H groups in total. The number of rotatable bonds is 10. The van der Waals surface area contributed by atoms with Crippen molar-refractivity contribution in [3.05, 3.63) is 64.2 Å². The first kappa shape index (κ1) is 34.9. The molecule has 1 unspecified atom stereocenters. The zero-order valence-corrected chi connectivity index (χ0v) is 29.9. The Labute approximate surface area is 296 Å². The largest absolute Gasteiger partial charge is 0.454 e. The van der Waals surface area contributed by atoms with Crippen molar-refractivity contribution in [1.82, 2.24) is 4.90 Å². The molecule has 7 bridgehead atoms. The summed E-state index contributed by atoms with van der Waals surface area (Å²) >= 11 is 0. The second-order valence-corrected chi connectivity index (χ2v) is 17.0. The molecule has 12 atom stereocenters. The van der Waals surface area contributed by atoms with Crippen LogP contribution in [0.4, 0.5) is 11.4 Å². The summed E-state index contributed by atoms with van der Waals surface area (Å²) in [5, 5.41) is 37.2. The number of sulfonamides is 1. The van der Waals surface area contributed by atoms with Gasteiger partial charge in [-0.1, -0.05) is 25.1 Å². The number of ether oxygens (including phenoxy) is 4. The number of methoxy groups -OCH3 is 3. The summed E-state index contributed by atoms with van der Waals surface area (Å²) in [5.41, 5.74) is -5.24. The number of non-ortho nitro benzene ring substituents is 1. The van der Waals surface area contributed by atoms with Gasteiger partial charge in [0.15, 0.2) is 0 Å². The van der Waals surface area contributed by atoms with Crippen LogP contribution in [0.15, 0.2) is 53.4 Å². The van der Waals surface area contributed by atoms with Gasteiger partial charge < -0.3 is 29.2 Å². The normalized spacial score (nSPS) is 42.0. The Morgan fingerprint density at radius 1 is 1.06 bits per heavy atom. The Hall–Kier alpha value is -3.18. The summed E-state index contributed by atoms with van der Waals surface area (Å²) in [4.78, 5) is 27.1. The molecule has 2 aromatic rings. The van der Waals surface area contributed by atoms with Crippen LogP contribution in [0.3, 0.4) is 0 Å². The molecule has 1 aliphatic heterocycles. The molecule has 5 aliphatic carbocycles. The van der Waals surface area contributed by atoms with Gasteiger partial charge in [-0.2, -0.15) is 0 Å². The van der Waals surface area contributed by atoms with Crippen LogP contribution in [0.1, 0.15) is 49.4 Å². The second kappa shape index (κ2) is 11.7. The van der Waals surface area contributed by atoms with E-state index in [9.17, 15) is 33.5 Å². The van der Waals surface area contributed by atoms with Crippen molar-refractivity contribution < 1.29 is 47.3 Å². The van der Waals surface area contributed by atoms with E-state index in [-0.39, 0.29) is 64.3 Å². The molecule has 15 heteroatoms. The maximum atomic E-state index is 14.4. The molecule has 0 radical (unpaired) electrons. The summed E-state index contributed by atoms with van der Waals surface area (Å²) in [6.07, 6.45) is 1.11. The maximum Gasteiger partial charge on any atom is 0.340 e. The number of likely N-dealkylation sites (N-methyl/N-ethyl adjacent to an activating group) is 1. The monoisotopic (exact) mass is 727 g/mol. The number of carbonyl (C=O) groups excluding carboxylic acids is 1. The second-order valence-electron chi connectivity index (χ2n) is 15.4. The minimum absolute atomic E-state index is 0.00706. The van der Waals surface area contributed by atoms with Crippen LogP contribution < -0.4 is 4.72 Å². The molecular weight excluding hydrogens is 682 g/mol. The minimum atomic E-state index is -4.33. The van der Waals surface area contributed by atoms with Crippen molar-refractivity contribution in [1.29, 1.82) is 0 Å². The first-order chi connectivity index (χ1) is 24.3. The molecule has 1 saturated heterocycles. The number of anilines is 1. The van der Waals surface area contributed by atoms with E-state index in [1.165, 1.54) is 30.3 Å².